The Kier molecular flexibility index (Phi) is 4.96. The number of carbonyl (C=O) groups is 1. The van der Waals surface area contributed by atoms with Crippen LogP contribution in [0.1, 0.15) is 72.6 Å². The highest BCUT2D eigenvalue weighted by Gasteiger charge is 2.52. The average Bonchev–Trinajstić information content (AvgIpc) is 2.59. The predicted octanol–water partition coefficient (Wildman–Crippen LogP) is 4.49. The van der Waals surface area contributed by atoms with Crippen LogP contribution in [-0.4, -0.2) is 5.78 Å². The van der Waals surface area contributed by atoms with Crippen molar-refractivity contribution in [3.8, 4) is 6.07 Å². The molecular formula is C16H27NO. The monoisotopic (exact) mass is 249 g/mol. The fourth-order valence-electron chi connectivity index (χ4n) is 3.18. The van der Waals surface area contributed by atoms with E-state index in [0.717, 1.165) is 32.1 Å². The molecule has 0 saturated heterocycles. The highest BCUT2D eigenvalue weighted by Crippen LogP contribution is 2.49. The lowest BCUT2D eigenvalue weighted by Crippen LogP contribution is -2.33. The van der Waals surface area contributed by atoms with Crippen LogP contribution in [0.2, 0.25) is 0 Å². The molecule has 1 aliphatic carbocycles. The third kappa shape index (κ3) is 2.94. The zero-order valence-electron chi connectivity index (χ0n) is 12.4. The average molecular weight is 249 g/mol. The van der Waals surface area contributed by atoms with Crippen LogP contribution in [-0.2, 0) is 4.79 Å². The molecule has 1 aliphatic rings. The molecule has 1 fully saturated rings. The van der Waals surface area contributed by atoms with E-state index in [2.05, 4.69) is 19.9 Å². The van der Waals surface area contributed by atoms with E-state index in [-0.39, 0.29) is 11.2 Å². The van der Waals surface area contributed by atoms with Crippen LogP contribution in [0.4, 0.5) is 0 Å². The zero-order chi connectivity index (χ0) is 13.8. The minimum atomic E-state index is -0.683. The first-order chi connectivity index (χ1) is 8.41. The van der Waals surface area contributed by atoms with Crippen LogP contribution in [0.3, 0.4) is 0 Å². The predicted molar refractivity (Wildman–Crippen MR) is 74.0 cm³/mol. The Morgan fingerprint density at radius 3 is 2.39 bits per heavy atom. The van der Waals surface area contributed by atoms with Crippen LogP contribution in [0.25, 0.3) is 0 Å². The Morgan fingerprint density at radius 2 is 2.00 bits per heavy atom. The lowest BCUT2D eigenvalue weighted by atomic mass is 9.73. The number of hydrogen-bond acceptors (Lipinski definition) is 2. The quantitative estimate of drug-likeness (QED) is 0.695. The van der Waals surface area contributed by atoms with Gasteiger partial charge in [-0.05, 0) is 25.2 Å². The van der Waals surface area contributed by atoms with Gasteiger partial charge in [0.05, 0.1) is 6.07 Å². The topological polar surface area (TPSA) is 40.9 Å². The van der Waals surface area contributed by atoms with Crippen molar-refractivity contribution in [3.63, 3.8) is 0 Å². The molecule has 0 N–H and O–H groups in total. The molecule has 0 amide bonds. The molecular weight excluding hydrogens is 222 g/mol. The molecule has 0 aromatic carbocycles. The van der Waals surface area contributed by atoms with Gasteiger partial charge < -0.3 is 0 Å². The van der Waals surface area contributed by atoms with E-state index in [1.54, 1.807) is 0 Å². The smallest absolute Gasteiger partial charge is 0.158 e. The second-order valence-electron chi connectivity index (χ2n) is 6.53. The Balaban J connectivity index is 2.78. The maximum Gasteiger partial charge on any atom is 0.158 e. The lowest BCUT2D eigenvalue weighted by molar-refractivity contribution is -0.130. The molecule has 0 radical (unpaired) electrons. The van der Waals surface area contributed by atoms with Crippen molar-refractivity contribution >= 4 is 5.78 Å². The molecule has 2 unspecified atom stereocenters. The first-order valence-electron chi connectivity index (χ1n) is 7.38. The van der Waals surface area contributed by atoms with E-state index in [0.29, 0.717) is 5.92 Å². The largest absolute Gasteiger partial charge is 0.297 e. The first-order valence-corrected chi connectivity index (χ1v) is 7.38. The van der Waals surface area contributed by atoms with Gasteiger partial charge in [0.2, 0.25) is 0 Å². The summed E-state index contributed by atoms with van der Waals surface area (Å²) in [6.07, 6.45) is 7.04. The molecule has 2 atom stereocenters. The van der Waals surface area contributed by atoms with Gasteiger partial charge in [0.1, 0.15) is 5.41 Å². The second kappa shape index (κ2) is 5.87. The lowest BCUT2D eigenvalue weighted by Gasteiger charge is -2.26. The SMILES string of the molecule is CCCCC(CC)CC1(C#N)CCC(C)(C)C1=O. The van der Waals surface area contributed by atoms with Gasteiger partial charge in [-0.3, -0.25) is 4.79 Å². The number of nitriles is 1. The molecule has 1 rings (SSSR count). The summed E-state index contributed by atoms with van der Waals surface area (Å²) in [5.41, 5.74) is -0.976. The second-order valence-corrected chi connectivity index (χ2v) is 6.53. The van der Waals surface area contributed by atoms with E-state index < -0.39 is 5.41 Å². The van der Waals surface area contributed by atoms with Gasteiger partial charge in [-0.2, -0.15) is 5.26 Å². The minimum Gasteiger partial charge on any atom is -0.297 e. The summed E-state index contributed by atoms with van der Waals surface area (Å²) >= 11 is 0. The summed E-state index contributed by atoms with van der Waals surface area (Å²) < 4.78 is 0. The molecule has 2 nitrogen and oxygen atoms in total. The van der Waals surface area contributed by atoms with Crippen molar-refractivity contribution in [3.05, 3.63) is 0 Å². The number of rotatable bonds is 6. The third-order valence-corrected chi connectivity index (χ3v) is 4.62. The molecule has 102 valence electrons. The standard InChI is InChI=1S/C16H27NO/c1-5-7-8-13(6-2)11-16(12-17)10-9-15(3,4)14(16)18/h13H,5-11H2,1-4H3. The van der Waals surface area contributed by atoms with Gasteiger partial charge in [0, 0.05) is 5.41 Å². The van der Waals surface area contributed by atoms with Crippen LogP contribution < -0.4 is 0 Å². The minimum absolute atomic E-state index is 0.187. The summed E-state index contributed by atoms with van der Waals surface area (Å²) in [6, 6.07) is 2.37. The highest BCUT2D eigenvalue weighted by molar-refractivity contribution is 5.94. The van der Waals surface area contributed by atoms with Crippen molar-refractivity contribution in [2.24, 2.45) is 16.7 Å². The van der Waals surface area contributed by atoms with Crippen LogP contribution in [0, 0.1) is 28.1 Å². The Hall–Kier alpha value is -0.840. The van der Waals surface area contributed by atoms with E-state index in [4.69, 9.17) is 0 Å². The summed E-state index contributed by atoms with van der Waals surface area (Å²) in [5, 5.41) is 9.52. The molecule has 18 heavy (non-hydrogen) atoms. The number of unbranched alkanes of at least 4 members (excludes halogenated alkanes) is 1. The Bertz CT molecular complexity index is 339. The van der Waals surface area contributed by atoms with Crippen LogP contribution >= 0.6 is 0 Å². The Morgan fingerprint density at radius 1 is 1.33 bits per heavy atom. The van der Waals surface area contributed by atoms with Crippen LogP contribution in [0.15, 0.2) is 0 Å². The van der Waals surface area contributed by atoms with Crippen molar-refractivity contribution in [1.29, 1.82) is 5.26 Å². The molecule has 2 heteroatoms. The number of Topliss-reactive ketones (excluding diaryl/α,β-unsaturated/α-hetero) is 1. The zero-order valence-corrected chi connectivity index (χ0v) is 12.4. The van der Waals surface area contributed by atoms with Crippen molar-refractivity contribution in [2.45, 2.75) is 72.6 Å². The molecule has 0 heterocycles. The maximum atomic E-state index is 12.5. The Labute approximate surface area is 112 Å². The molecule has 0 bridgehead atoms. The fourth-order valence-corrected chi connectivity index (χ4v) is 3.18. The third-order valence-electron chi connectivity index (χ3n) is 4.62. The molecule has 0 spiro atoms. The summed E-state index contributed by atoms with van der Waals surface area (Å²) in [5.74, 6) is 0.717. The normalized spacial score (nSPS) is 28.1. The van der Waals surface area contributed by atoms with Gasteiger partial charge in [-0.1, -0.05) is 53.4 Å². The summed E-state index contributed by atoms with van der Waals surface area (Å²) in [7, 11) is 0. The van der Waals surface area contributed by atoms with Gasteiger partial charge >= 0.3 is 0 Å². The molecule has 1 saturated carbocycles. The fraction of sp³-hybridized carbons (Fsp3) is 0.875. The van der Waals surface area contributed by atoms with E-state index in [1.165, 1.54) is 12.8 Å². The number of carbonyl (C=O) groups excluding carboxylic acids is 1. The number of hydrogen-bond donors (Lipinski definition) is 0. The molecule has 0 aliphatic heterocycles. The molecule has 0 aromatic rings. The first kappa shape index (κ1) is 15.2. The van der Waals surface area contributed by atoms with Gasteiger partial charge in [-0.15, -0.1) is 0 Å². The van der Waals surface area contributed by atoms with Crippen molar-refractivity contribution in [2.75, 3.05) is 0 Å². The van der Waals surface area contributed by atoms with E-state index >= 15 is 0 Å². The number of nitrogens with zero attached hydrogens (tertiary/aromatic N) is 1. The van der Waals surface area contributed by atoms with E-state index in [9.17, 15) is 10.1 Å². The van der Waals surface area contributed by atoms with Crippen LogP contribution in [0.5, 0.6) is 0 Å². The van der Waals surface area contributed by atoms with Gasteiger partial charge in [-0.25, -0.2) is 0 Å². The summed E-state index contributed by atoms with van der Waals surface area (Å²) in [4.78, 5) is 12.5. The van der Waals surface area contributed by atoms with Crippen molar-refractivity contribution in [1.82, 2.24) is 0 Å². The molecule has 0 aromatic heterocycles. The van der Waals surface area contributed by atoms with Gasteiger partial charge in [0.25, 0.3) is 0 Å². The van der Waals surface area contributed by atoms with E-state index in [1.807, 2.05) is 13.8 Å². The number of ketones is 1. The van der Waals surface area contributed by atoms with Crippen molar-refractivity contribution < 1.29 is 4.79 Å². The summed E-state index contributed by atoms with van der Waals surface area (Å²) in [6.45, 7) is 8.34. The maximum absolute atomic E-state index is 12.5. The highest BCUT2D eigenvalue weighted by atomic mass is 16.1. The van der Waals surface area contributed by atoms with Gasteiger partial charge in [0.15, 0.2) is 5.78 Å².